The molecule has 1 saturated heterocycles. The molecule has 9 nitrogen and oxygen atoms in total. The number of amides is 2. The minimum Gasteiger partial charge on any atom is -0.477 e. The summed E-state index contributed by atoms with van der Waals surface area (Å²) in [5, 5.41) is 0.989. The van der Waals surface area contributed by atoms with Crippen LogP contribution in [-0.4, -0.2) is 52.5 Å². The Morgan fingerprint density at radius 1 is 1.15 bits per heavy atom. The first-order valence-electron chi connectivity index (χ1n) is 11.1. The fraction of sp³-hybridized carbons (Fsp3) is 0.333. The van der Waals surface area contributed by atoms with E-state index >= 15 is 0 Å². The summed E-state index contributed by atoms with van der Waals surface area (Å²) in [5.74, 6) is -0.425. The minimum absolute atomic E-state index is 0.0239. The molecule has 2 aromatic carbocycles. The van der Waals surface area contributed by atoms with E-state index in [1.54, 1.807) is 41.0 Å². The number of thioether (sulfide) groups is 1. The fourth-order valence-corrected chi connectivity index (χ4v) is 5.12. The second-order valence-electron chi connectivity index (χ2n) is 8.23. The number of nitrogens with zero attached hydrogens (tertiary/aromatic N) is 3. The van der Waals surface area contributed by atoms with E-state index in [0.717, 1.165) is 12.8 Å². The Morgan fingerprint density at radius 2 is 1.94 bits per heavy atom. The number of hydrogen-bond donors (Lipinski definition) is 1. The summed E-state index contributed by atoms with van der Waals surface area (Å²) in [6.45, 7) is 1.09. The van der Waals surface area contributed by atoms with Crippen LogP contribution in [0.1, 0.15) is 12.8 Å². The van der Waals surface area contributed by atoms with Gasteiger partial charge in [-0.05, 0) is 37.1 Å². The lowest BCUT2D eigenvalue weighted by Crippen LogP contribution is -2.49. The second-order valence-corrected chi connectivity index (χ2v) is 9.17. The standard InChI is InChI=1S/C24H24N4O5S/c25-22(30)20-13-27(18-9-3-4-10-19(18)33-20)21(29)14-34-24-26-17-8-2-1-7-16(17)23(31)28(24)12-15-6-5-11-32-15/h1-4,7-10,15,20H,5-6,11-14H2,(H2,25,30)/t15-,20-/m1/s1. The number of carbonyl (C=O) groups is 2. The molecular weight excluding hydrogens is 456 g/mol. The molecule has 1 fully saturated rings. The van der Waals surface area contributed by atoms with Crippen molar-refractivity contribution in [3.63, 3.8) is 0 Å². The van der Waals surface area contributed by atoms with Gasteiger partial charge in [-0.15, -0.1) is 0 Å². The van der Waals surface area contributed by atoms with Crippen molar-refractivity contribution in [1.82, 2.24) is 9.55 Å². The van der Waals surface area contributed by atoms with Crippen molar-refractivity contribution in [3.05, 3.63) is 58.9 Å². The second kappa shape index (κ2) is 9.47. The number of para-hydroxylation sites is 3. The number of ether oxygens (including phenoxy) is 2. The van der Waals surface area contributed by atoms with Gasteiger partial charge in [-0.25, -0.2) is 4.98 Å². The molecule has 2 N–H and O–H groups in total. The molecule has 2 aliphatic rings. The number of hydrogen-bond acceptors (Lipinski definition) is 7. The van der Waals surface area contributed by atoms with Gasteiger partial charge in [0.2, 0.25) is 5.91 Å². The fourth-order valence-electron chi connectivity index (χ4n) is 4.23. The molecule has 34 heavy (non-hydrogen) atoms. The van der Waals surface area contributed by atoms with Crippen LogP contribution in [0.4, 0.5) is 5.69 Å². The zero-order chi connectivity index (χ0) is 23.7. The van der Waals surface area contributed by atoms with Crippen LogP contribution in [0.2, 0.25) is 0 Å². The number of rotatable bonds is 6. The van der Waals surface area contributed by atoms with Crippen LogP contribution in [0.3, 0.4) is 0 Å². The summed E-state index contributed by atoms with van der Waals surface area (Å²) >= 11 is 1.19. The Kier molecular flexibility index (Phi) is 6.25. The molecule has 1 aromatic heterocycles. The monoisotopic (exact) mass is 480 g/mol. The van der Waals surface area contributed by atoms with Crippen molar-refractivity contribution < 1.29 is 19.1 Å². The Morgan fingerprint density at radius 3 is 2.74 bits per heavy atom. The largest absolute Gasteiger partial charge is 0.477 e. The third kappa shape index (κ3) is 4.38. The zero-order valence-corrected chi connectivity index (χ0v) is 19.2. The molecule has 10 heteroatoms. The lowest BCUT2D eigenvalue weighted by atomic mass is 10.2. The minimum atomic E-state index is -0.930. The van der Waals surface area contributed by atoms with Gasteiger partial charge in [0.1, 0.15) is 5.75 Å². The van der Waals surface area contributed by atoms with E-state index in [2.05, 4.69) is 4.98 Å². The summed E-state index contributed by atoms with van der Waals surface area (Å²) in [6, 6.07) is 14.2. The predicted molar refractivity (Wildman–Crippen MR) is 128 cm³/mol. The summed E-state index contributed by atoms with van der Waals surface area (Å²) < 4.78 is 13.0. The summed E-state index contributed by atoms with van der Waals surface area (Å²) in [7, 11) is 0. The smallest absolute Gasteiger partial charge is 0.262 e. The predicted octanol–water partition coefficient (Wildman–Crippen LogP) is 1.95. The molecule has 0 bridgehead atoms. The Bertz CT molecular complexity index is 1300. The van der Waals surface area contributed by atoms with Crippen molar-refractivity contribution in [2.24, 2.45) is 5.73 Å². The van der Waals surface area contributed by atoms with Gasteiger partial charge in [0.15, 0.2) is 11.3 Å². The van der Waals surface area contributed by atoms with E-state index in [-0.39, 0.29) is 29.9 Å². The molecule has 0 unspecified atom stereocenters. The van der Waals surface area contributed by atoms with Crippen LogP contribution in [0.25, 0.3) is 10.9 Å². The Hall–Kier alpha value is -3.37. The number of anilines is 1. The first-order chi connectivity index (χ1) is 16.5. The molecular formula is C24H24N4O5S. The van der Waals surface area contributed by atoms with Gasteiger partial charge in [0.05, 0.1) is 41.5 Å². The van der Waals surface area contributed by atoms with Gasteiger partial charge in [0, 0.05) is 6.61 Å². The maximum absolute atomic E-state index is 13.3. The highest BCUT2D eigenvalue weighted by Gasteiger charge is 2.32. The quantitative estimate of drug-likeness (QED) is 0.423. The van der Waals surface area contributed by atoms with Gasteiger partial charge in [0.25, 0.3) is 11.5 Å². The van der Waals surface area contributed by atoms with Crippen molar-refractivity contribution in [3.8, 4) is 5.75 Å². The van der Waals surface area contributed by atoms with E-state index in [1.807, 2.05) is 12.1 Å². The van der Waals surface area contributed by atoms with Gasteiger partial charge in [-0.3, -0.25) is 19.0 Å². The van der Waals surface area contributed by atoms with Crippen molar-refractivity contribution >= 4 is 40.2 Å². The van der Waals surface area contributed by atoms with Crippen LogP contribution in [0.5, 0.6) is 5.75 Å². The van der Waals surface area contributed by atoms with Gasteiger partial charge >= 0.3 is 0 Å². The topological polar surface area (TPSA) is 117 Å². The average molecular weight is 481 g/mol. The van der Waals surface area contributed by atoms with E-state index in [4.69, 9.17) is 15.2 Å². The average Bonchev–Trinajstić information content (AvgIpc) is 3.37. The molecule has 2 aliphatic heterocycles. The molecule has 176 valence electrons. The number of fused-ring (bicyclic) bond motifs is 2. The van der Waals surface area contributed by atoms with Crippen LogP contribution in [-0.2, 0) is 20.9 Å². The lowest BCUT2D eigenvalue weighted by molar-refractivity contribution is -0.125. The van der Waals surface area contributed by atoms with Crippen LogP contribution in [0, 0.1) is 0 Å². The molecule has 3 aromatic rings. The molecule has 5 rings (SSSR count). The van der Waals surface area contributed by atoms with Crippen LogP contribution >= 0.6 is 11.8 Å². The molecule has 2 amide bonds. The van der Waals surface area contributed by atoms with E-state index in [9.17, 15) is 14.4 Å². The number of aromatic nitrogens is 2. The number of benzene rings is 2. The number of primary amides is 1. The zero-order valence-electron chi connectivity index (χ0n) is 18.4. The molecule has 2 atom stereocenters. The van der Waals surface area contributed by atoms with Crippen LogP contribution in [0.15, 0.2) is 58.5 Å². The van der Waals surface area contributed by atoms with Gasteiger partial charge in [-0.2, -0.15) is 0 Å². The number of nitrogens with two attached hydrogens (primary N) is 1. The first-order valence-corrected chi connectivity index (χ1v) is 12.1. The maximum Gasteiger partial charge on any atom is 0.262 e. The summed E-state index contributed by atoms with van der Waals surface area (Å²) in [4.78, 5) is 44.5. The Balaban J connectivity index is 1.42. The van der Waals surface area contributed by atoms with E-state index in [1.165, 1.54) is 16.7 Å². The highest BCUT2D eigenvalue weighted by Crippen LogP contribution is 2.34. The van der Waals surface area contributed by atoms with E-state index < -0.39 is 12.0 Å². The number of carbonyl (C=O) groups excluding carboxylic acids is 2. The molecule has 3 heterocycles. The highest BCUT2D eigenvalue weighted by atomic mass is 32.2. The molecule has 0 aliphatic carbocycles. The van der Waals surface area contributed by atoms with Gasteiger partial charge < -0.3 is 20.1 Å². The normalized spacial score (nSPS) is 19.6. The maximum atomic E-state index is 13.3. The molecule has 0 spiro atoms. The van der Waals surface area contributed by atoms with Crippen molar-refractivity contribution in [2.45, 2.75) is 36.8 Å². The SMILES string of the molecule is NC(=O)[C@H]1CN(C(=O)CSc2nc3ccccc3c(=O)n2C[C@H]2CCCO2)c2ccccc2O1. The van der Waals surface area contributed by atoms with E-state index in [0.29, 0.717) is 40.6 Å². The summed E-state index contributed by atoms with van der Waals surface area (Å²) in [5.41, 5.74) is 6.46. The van der Waals surface area contributed by atoms with Gasteiger partial charge in [-0.1, -0.05) is 36.0 Å². The third-order valence-corrected chi connectivity index (χ3v) is 6.91. The first kappa shape index (κ1) is 22.4. The lowest BCUT2D eigenvalue weighted by Gasteiger charge is -2.33. The van der Waals surface area contributed by atoms with Crippen LogP contribution < -0.4 is 20.9 Å². The molecule has 0 saturated carbocycles. The molecule has 0 radical (unpaired) electrons. The third-order valence-electron chi connectivity index (χ3n) is 5.95. The van der Waals surface area contributed by atoms with Crippen molar-refractivity contribution in [2.75, 3.05) is 23.8 Å². The van der Waals surface area contributed by atoms with Crippen molar-refractivity contribution in [1.29, 1.82) is 0 Å². The summed E-state index contributed by atoms with van der Waals surface area (Å²) in [6.07, 6.45) is 0.846. The highest BCUT2D eigenvalue weighted by molar-refractivity contribution is 7.99. The Labute approximate surface area is 199 Å².